The second-order valence-electron chi connectivity index (χ2n) is 14.0. The Labute approximate surface area is 269 Å². The van der Waals surface area contributed by atoms with Crippen molar-refractivity contribution in [1.29, 1.82) is 0 Å². The molecule has 46 heavy (non-hydrogen) atoms. The summed E-state index contributed by atoms with van der Waals surface area (Å²) in [7, 11) is 0. The lowest BCUT2D eigenvalue weighted by atomic mass is 10.0. The van der Waals surface area contributed by atoms with E-state index in [2.05, 4.69) is 51.1 Å². The normalized spacial score (nSPS) is 18.5. The number of carbonyl (C=O) groups excluding carboxylic acids is 2. The molecule has 10 heteroatoms. The van der Waals surface area contributed by atoms with Crippen LogP contribution in [-0.4, -0.2) is 66.2 Å². The van der Waals surface area contributed by atoms with Crippen LogP contribution in [0.15, 0.2) is 48.7 Å². The zero-order valence-corrected chi connectivity index (χ0v) is 27.4. The minimum atomic E-state index is -0.545. The number of carbonyl (C=O) groups is 2. The van der Waals surface area contributed by atoms with Gasteiger partial charge < -0.3 is 19.4 Å². The Morgan fingerprint density at radius 1 is 0.783 bits per heavy atom. The monoisotopic (exact) mass is 622 g/mol. The molecule has 2 fully saturated rings. The molecular weight excluding hydrogens is 580 g/mol. The van der Waals surface area contributed by atoms with E-state index < -0.39 is 11.2 Å². The standard InChI is InChI=1S/C36H42N6O4/c1-35(2,3)45-33(43)41-19-7-9-29(41)31-37-22-26(38-31)17-13-23-11-14-24(15-12-23)25-16-18-27-28(21-25)40-32(39-27)30-10-8-20-42(30)34(44)46-36(4,5)6/h11-12,14-16,18,21-22,29-30H,7-10,19-20H2,1-6H3,(H,37,38)(H,39,40). The van der Waals surface area contributed by atoms with Crippen LogP contribution < -0.4 is 0 Å². The Kier molecular flexibility index (Phi) is 8.28. The lowest BCUT2D eigenvalue weighted by molar-refractivity contribution is 0.0208. The van der Waals surface area contributed by atoms with Crippen molar-refractivity contribution in [3.05, 3.63) is 71.6 Å². The average Bonchev–Trinajstić information content (AvgIpc) is 3.79. The van der Waals surface area contributed by atoms with Crippen LogP contribution in [0.4, 0.5) is 9.59 Å². The molecule has 6 rings (SSSR count). The van der Waals surface area contributed by atoms with Crippen molar-refractivity contribution >= 4 is 23.2 Å². The van der Waals surface area contributed by atoms with Crippen molar-refractivity contribution in [3.63, 3.8) is 0 Å². The number of hydrogen-bond acceptors (Lipinski definition) is 6. The molecule has 0 bridgehead atoms. The molecule has 2 amide bonds. The summed E-state index contributed by atoms with van der Waals surface area (Å²) in [4.78, 5) is 45.1. The van der Waals surface area contributed by atoms with E-state index in [1.165, 1.54) is 0 Å². The predicted molar refractivity (Wildman–Crippen MR) is 176 cm³/mol. The molecule has 2 aliphatic rings. The summed E-state index contributed by atoms with van der Waals surface area (Å²) < 4.78 is 11.2. The van der Waals surface area contributed by atoms with Crippen LogP contribution in [0.5, 0.6) is 0 Å². The van der Waals surface area contributed by atoms with Gasteiger partial charge in [-0.3, -0.25) is 9.80 Å². The van der Waals surface area contributed by atoms with Gasteiger partial charge in [-0.15, -0.1) is 0 Å². The van der Waals surface area contributed by atoms with Gasteiger partial charge in [0, 0.05) is 18.7 Å². The summed E-state index contributed by atoms with van der Waals surface area (Å²) in [5.41, 5.74) is 4.40. The Morgan fingerprint density at radius 2 is 1.37 bits per heavy atom. The molecule has 240 valence electrons. The highest BCUT2D eigenvalue weighted by Gasteiger charge is 2.36. The van der Waals surface area contributed by atoms with Crippen LogP contribution in [0.2, 0.25) is 0 Å². The van der Waals surface area contributed by atoms with E-state index in [9.17, 15) is 9.59 Å². The highest BCUT2D eigenvalue weighted by Crippen LogP contribution is 2.34. The molecule has 2 aromatic carbocycles. The Hall–Kier alpha value is -4.78. The number of H-pyrrole nitrogens is 2. The molecule has 4 heterocycles. The molecule has 2 aromatic heterocycles. The van der Waals surface area contributed by atoms with E-state index in [1.54, 1.807) is 16.0 Å². The zero-order chi connectivity index (χ0) is 32.6. The molecule has 0 saturated carbocycles. The Morgan fingerprint density at radius 3 is 1.98 bits per heavy atom. The van der Waals surface area contributed by atoms with Crippen molar-refractivity contribution in [2.24, 2.45) is 0 Å². The second-order valence-corrected chi connectivity index (χ2v) is 14.0. The summed E-state index contributed by atoms with van der Waals surface area (Å²) in [5.74, 6) is 7.90. The molecule has 2 saturated heterocycles. The predicted octanol–water partition coefficient (Wildman–Crippen LogP) is 7.50. The van der Waals surface area contributed by atoms with Gasteiger partial charge in [0.1, 0.15) is 28.5 Å². The van der Waals surface area contributed by atoms with Crippen molar-refractivity contribution in [1.82, 2.24) is 29.7 Å². The van der Waals surface area contributed by atoms with Crippen LogP contribution in [0.1, 0.15) is 102 Å². The zero-order valence-electron chi connectivity index (χ0n) is 27.4. The third kappa shape index (κ3) is 7.04. The fourth-order valence-corrected chi connectivity index (χ4v) is 6.00. The van der Waals surface area contributed by atoms with Crippen LogP contribution in [0.25, 0.3) is 22.2 Å². The third-order valence-electron chi connectivity index (χ3n) is 8.05. The minimum Gasteiger partial charge on any atom is -0.444 e. The number of hydrogen-bond donors (Lipinski definition) is 2. The smallest absolute Gasteiger partial charge is 0.410 e. The Balaban J connectivity index is 1.13. The van der Waals surface area contributed by atoms with Gasteiger partial charge in [-0.25, -0.2) is 19.6 Å². The molecule has 0 aliphatic carbocycles. The number of nitrogens with zero attached hydrogens (tertiary/aromatic N) is 4. The van der Waals surface area contributed by atoms with Gasteiger partial charge in [-0.05, 0) is 109 Å². The molecule has 2 unspecified atom stereocenters. The maximum atomic E-state index is 12.8. The summed E-state index contributed by atoms with van der Waals surface area (Å²) in [6.07, 6.45) is 4.59. The first-order valence-electron chi connectivity index (χ1n) is 16.0. The van der Waals surface area contributed by atoms with E-state index in [-0.39, 0.29) is 24.3 Å². The fourth-order valence-electron chi connectivity index (χ4n) is 6.00. The van der Waals surface area contributed by atoms with E-state index in [4.69, 9.17) is 14.5 Å². The highest BCUT2D eigenvalue weighted by molar-refractivity contribution is 5.82. The van der Waals surface area contributed by atoms with Gasteiger partial charge in [0.25, 0.3) is 0 Å². The first-order chi connectivity index (χ1) is 21.8. The van der Waals surface area contributed by atoms with Gasteiger partial charge in [0.2, 0.25) is 0 Å². The average molecular weight is 623 g/mol. The summed E-state index contributed by atoms with van der Waals surface area (Å²) in [6, 6.07) is 14.0. The van der Waals surface area contributed by atoms with Crippen LogP contribution >= 0.6 is 0 Å². The van der Waals surface area contributed by atoms with Crippen molar-refractivity contribution in [3.8, 4) is 23.0 Å². The lowest BCUT2D eigenvalue weighted by Crippen LogP contribution is -2.36. The number of fused-ring (bicyclic) bond motifs is 1. The molecule has 0 radical (unpaired) electrons. The van der Waals surface area contributed by atoms with Gasteiger partial charge in [0.15, 0.2) is 0 Å². The molecule has 0 spiro atoms. The number of benzene rings is 2. The van der Waals surface area contributed by atoms with E-state index in [1.807, 2.05) is 59.7 Å². The first-order valence-corrected chi connectivity index (χ1v) is 16.0. The number of ether oxygens (including phenoxy) is 2. The maximum absolute atomic E-state index is 12.8. The van der Waals surface area contributed by atoms with Crippen molar-refractivity contribution < 1.29 is 19.1 Å². The van der Waals surface area contributed by atoms with Gasteiger partial charge in [-0.2, -0.15) is 0 Å². The molecule has 2 N–H and O–H groups in total. The molecular formula is C36H42N6O4. The second kappa shape index (κ2) is 12.2. The third-order valence-corrected chi connectivity index (χ3v) is 8.05. The topological polar surface area (TPSA) is 116 Å². The van der Waals surface area contributed by atoms with Gasteiger partial charge in [-0.1, -0.05) is 24.1 Å². The first kappa shape index (κ1) is 31.2. The van der Waals surface area contributed by atoms with Crippen LogP contribution in [0, 0.1) is 11.8 Å². The molecule has 10 nitrogen and oxygen atoms in total. The number of likely N-dealkylation sites (tertiary alicyclic amines) is 2. The number of amides is 2. The number of imidazole rings is 2. The fraction of sp³-hybridized carbons (Fsp3) is 0.444. The van der Waals surface area contributed by atoms with Gasteiger partial charge in [0.05, 0.1) is 29.3 Å². The SMILES string of the molecule is CC(C)(C)OC(=O)N1CCCC1c1ncc(C#Cc2ccc(-c3ccc4nc(C5CCCN5C(=O)OC(C)(C)C)[nH]c4c3)cc2)[nH]1. The maximum Gasteiger partial charge on any atom is 0.410 e. The number of nitrogens with one attached hydrogen (secondary N) is 2. The summed E-state index contributed by atoms with van der Waals surface area (Å²) in [6.45, 7) is 12.6. The Bertz CT molecular complexity index is 1800. The van der Waals surface area contributed by atoms with Crippen LogP contribution in [0.3, 0.4) is 0 Å². The quantitative estimate of drug-likeness (QED) is 0.229. The van der Waals surface area contributed by atoms with Crippen molar-refractivity contribution in [2.75, 3.05) is 13.1 Å². The van der Waals surface area contributed by atoms with Crippen LogP contribution in [-0.2, 0) is 9.47 Å². The number of aromatic nitrogens is 4. The van der Waals surface area contributed by atoms with E-state index in [0.717, 1.165) is 65.1 Å². The molecule has 2 aliphatic heterocycles. The highest BCUT2D eigenvalue weighted by atomic mass is 16.6. The summed E-state index contributed by atoms with van der Waals surface area (Å²) in [5, 5.41) is 0. The van der Waals surface area contributed by atoms with Gasteiger partial charge >= 0.3 is 12.2 Å². The van der Waals surface area contributed by atoms with E-state index in [0.29, 0.717) is 18.8 Å². The number of aromatic amines is 2. The lowest BCUT2D eigenvalue weighted by Gasteiger charge is -2.27. The van der Waals surface area contributed by atoms with Crippen molar-refractivity contribution in [2.45, 2.75) is 90.5 Å². The van der Waals surface area contributed by atoms with E-state index >= 15 is 0 Å². The molecule has 4 aromatic rings. The largest absolute Gasteiger partial charge is 0.444 e. The summed E-state index contributed by atoms with van der Waals surface area (Å²) >= 11 is 0. The minimum absolute atomic E-state index is 0.128. The molecule has 2 atom stereocenters. The number of rotatable bonds is 3.